The highest BCUT2D eigenvalue weighted by molar-refractivity contribution is 7.07. The molecular formula is C17H19NOS. The van der Waals surface area contributed by atoms with Crippen LogP contribution in [0.15, 0.2) is 47.3 Å². The van der Waals surface area contributed by atoms with Gasteiger partial charge in [-0.25, -0.2) is 0 Å². The fourth-order valence-corrected chi connectivity index (χ4v) is 3.07. The zero-order chi connectivity index (χ0) is 13.8. The Kier molecular flexibility index (Phi) is 4.07. The van der Waals surface area contributed by atoms with Crippen molar-refractivity contribution in [2.24, 2.45) is 0 Å². The summed E-state index contributed by atoms with van der Waals surface area (Å²) < 4.78 is 8.00. The van der Waals surface area contributed by atoms with Gasteiger partial charge in [0.2, 0.25) is 0 Å². The summed E-state index contributed by atoms with van der Waals surface area (Å²) in [4.78, 5) is 0. The summed E-state index contributed by atoms with van der Waals surface area (Å²) in [6.07, 6.45) is 4.29. The number of rotatable bonds is 6. The van der Waals surface area contributed by atoms with Crippen LogP contribution in [0.1, 0.15) is 18.9 Å². The number of ether oxygens (including phenoxy) is 1. The van der Waals surface area contributed by atoms with Crippen LogP contribution in [0.2, 0.25) is 0 Å². The molecular weight excluding hydrogens is 266 g/mol. The summed E-state index contributed by atoms with van der Waals surface area (Å²) in [5.74, 6) is 0.968. The molecule has 0 bridgehead atoms. The number of aryl methyl sites for hydroxylation is 2. The minimum atomic E-state index is 0.782. The number of thiophene rings is 1. The van der Waals surface area contributed by atoms with E-state index >= 15 is 0 Å². The molecule has 0 spiro atoms. The summed E-state index contributed by atoms with van der Waals surface area (Å²) in [6.45, 7) is 3.93. The van der Waals surface area contributed by atoms with Crippen molar-refractivity contribution in [1.29, 1.82) is 0 Å². The molecule has 2 heterocycles. The largest absolute Gasteiger partial charge is 0.494 e. The van der Waals surface area contributed by atoms with Crippen molar-refractivity contribution in [1.82, 2.24) is 4.57 Å². The molecule has 104 valence electrons. The Morgan fingerprint density at radius 3 is 2.95 bits per heavy atom. The fraction of sp³-hybridized carbons (Fsp3) is 0.294. The van der Waals surface area contributed by atoms with Crippen molar-refractivity contribution >= 4 is 22.2 Å². The molecule has 0 saturated heterocycles. The molecule has 0 amide bonds. The molecule has 0 aliphatic heterocycles. The fourth-order valence-electron chi connectivity index (χ4n) is 2.37. The number of aromatic nitrogens is 1. The maximum atomic E-state index is 5.68. The summed E-state index contributed by atoms with van der Waals surface area (Å²) in [7, 11) is 0. The van der Waals surface area contributed by atoms with Crippen LogP contribution in [0.25, 0.3) is 10.9 Å². The molecule has 0 atom stereocenters. The second kappa shape index (κ2) is 6.14. The highest BCUT2D eigenvalue weighted by Crippen LogP contribution is 2.22. The van der Waals surface area contributed by atoms with E-state index in [4.69, 9.17) is 4.74 Å². The van der Waals surface area contributed by atoms with Gasteiger partial charge in [-0.3, -0.25) is 0 Å². The van der Waals surface area contributed by atoms with E-state index in [9.17, 15) is 0 Å². The van der Waals surface area contributed by atoms with Gasteiger partial charge in [-0.2, -0.15) is 11.3 Å². The van der Waals surface area contributed by atoms with Crippen molar-refractivity contribution in [3.8, 4) is 5.75 Å². The first-order chi connectivity index (χ1) is 9.86. The molecule has 0 saturated carbocycles. The summed E-state index contributed by atoms with van der Waals surface area (Å²) in [6, 6.07) is 10.7. The normalized spacial score (nSPS) is 11.1. The lowest BCUT2D eigenvalue weighted by atomic mass is 10.2. The Balaban J connectivity index is 1.75. The minimum Gasteiger partial charge on any atom is -0.494 e. The van der Waals surface area contributed by atoms with E-state index in [1.807, 2.05) is 0 Å². The minimum absolute atomic E-state index is 0.782. The van der Waals surface area contributed by atoms with E-state index in [-0.39, 0.29) is 0 Å². The topological polar surface area (TPSA) is 14.2 Å². The third kappa shape index (κ3) is 2.88. The maximum absolute atomic E-state index is 5.68. The van der Waals surface area contributed by atoms with E-state index in [1.165, 1.54) is 16.5 Å². The molecule has 1 aromatic carbocycles. The van der Waals surface area contributed by atoms with Crippen LogP contribution >= 0.6 is 11.3 Å². The first-order valence-electron chi connectivity index (χ1n) is 7.09. The lowest BCUT2D eigenvalue weighted by molar-refractivity contribution is 0.318. The molecule has 3 aromatic rings. The molecule has 0 radical (unpaired) electrons. The van der Waals surface area contributed by atoms with Gasteiger partial charge in [0.25, 0.3) is 0 Å². The molecule has 3 heteroatoms. The zero-order valence-corrected chi connectivity index (χ0v) is 12.5. The Hall–Kier alpha value is -1.74. The second-order valence-corrected chi connectivity index (χ2v) is 5.74. The van der Waals surface area contributed by atoms with Gasteiger partial charge in [-0.05, 0) is 59.5 Å². The molecule has 0 unspecified atom stereocenters. The van der Waals surface area contributed by atoms with E-state index < -0.39 is 0 Å². The highest BCUT2D eigenvalue weighted by Gasteiger charge is 2.03. The second-order valence-electron chi connectivity index (χ2n) is 4.96. The van der Waals surface area contributed by atoms with Gasteiger partial charge in [0.1, 0.15) is 5.75 Å². The quantitative estimate of drug-likeness (QED) is 0.638. The van der Waals surface area contributed by atoms with Crippen LogP contribution in [-0.2, 0) is 13.0 Å². The van der Waals surface area contributed by atoms with Gasteiger partial charge in [-0.1, -0.05) is 6.92 Å². The molecule has 0 fully saturated rings. The first-order valence-corrected chi connectivity index (χ1v) is 8.04. The summed E-state index contributed by atoms with van der Waals surface area (Å²) in [5, 5.41) is 5.62. The van der Waals surface area contributed by atoms with Crippen molar-refractivity contribution in [3.05, 3.63) is 52.9 Å². The van der Waals surface area contributed by atoms with Gasteiger partial charge in [-0.15, -0.1) is 0 Å². The molecule has 3 rings (SSSR count). The molecule has 0 N–H and O–H groups in total. The number of fused-ring (bicyclic) bond motifs is 1. The van der Waals surface area contributed by atoms with Gasteiger partial charge >= 0.3 is 0 Å². The van der Waals surface area contributed by atoms with Gasteiger partial charge < -0.3 is 9.30 Å². The summed E-state index contributed by atoms with van der Waals surface area (Å²) >= 11 is 1.76. The molecule has 20 heavy (non-hydrogen) atoms. The SMILES string of the molecule is CCCOc1ccc2c(ccn2CCc2ccsc2)c1. The van der Waals surface area contributed by atoms with E-state index in [1.54, 1.807) is 11.3 Å². The average Bonchev–Trinajstić information content (AvgIpc) is 3.12. The zero-order valence-electron chi connectivity index (χ0n) is 11.7. The van der Waals surface area contributed by atoms with Crippen LogP contribution in [0, 0.1) is 0 Å². The Morgan fingerprint density at radius 1 is 1.20 bits per heavy atom. The Bertz CT molecular complexity index is 669. The third-order valence-electron chi connectivity index (χ3n) is 3.44. The number of hydrogen-bond donors (Lipinski definition) is 0. The average molecular weight is 285 g/mol. The standard InChI is InChI=1S/C17H19NOS/c1-2-10-19-16-3-4-17-15(12-16)6-9-18(17)8-5-14-7-11-20-13-14/h3-4,6-7,9,11-13H,2,5,8,10H2,1H3. The van der Waals surface area contributed by atoms with E-state index in [2.05, 4.69) is 58.8 Å². The Morgan fingerprint density at radius 2 is 2.15 bits per heavy atom. The number of hydrogen-bond acceptors (Lipinski definition) is 2. The number of nitrogens with zero attached hydrogens (tertiary/aromatic N) is 1. The van der Waals surface area contributed by atoms with Gasteiger partial charge in [0, 0.05) is 23.6 Å². The van der Waals surface area contributed by atoms with Gasteiger partial charge in [0.15, 0.2) is 0 Å². The van der Waals surface area contributed by atoms with Gasteiger partial charge in [0.05, 0.1) is 6.61 Å². The smallest absolute Gasteiger partial charge is 0.120 e. The monoisotopic (exact) mass is 285 g/mol. The van der Waals surface area contributed by atoms with E-state index in [0.29, 0.717) is 0 Å². The van der Waals surface area contributed by atoms with Crippen LogP contribution in [0.5, 0.6) is 5.75 Å². The number of benzene rings is 1. The lowest BCUT2D eigenvalue weighted by Crippen LogP contribution is -1.99. The van der Waals surface area contributed by atoms with Crippen LogP contribution in [0.3, 0.4) is 0 Å². The van der Waals surface area contributed by atoms with Crippen molar-refractivity contribution in [2.45, 2.75) is 26.3 Å². The van der Waals surface area contributed by atoms with Crippen molar-refractivity contribution in [3.63, 3.8) is 0 Å². The third-order valence-corrected chi connectivity index (χ3v) is 4.17. The summed E-state index contributed by atoms with van der Waals surface area (Å²) in [5.41, 5.74) is 2.70. The predicted molar refractivity (Wildman–Crippen MR) is 85.7 cm³/mol. The van der Waals surface area contributed by atoms with Crippen molar-refractivity contribution in [2.75, 3.05) is 6.61 Å². The molecule has 2 nitrogen and oxygen atoms in total. The van der Waals surface area contributed by atoms with Crippen molar-refractivity contribution < 1.29 is 4.74 Å². The molecule has 0 aliphatic carbocycles. The van der Waals surface area contributed by atoms with Crippen LogP contribution in [-0.4, -0.2) is 11.2 Å². The molecule has 0 aliphatic rings. The lowest BCUT2D eigenvalue weighted by Gasteiger charge is -2.07. The maximum Gasteiger partial charge on any atom is 0.120 e. The molecule has 2 aromatic heterocycles. The predicted octanol–water partition coefficient (Wildman–Crippen LogP) is 4.73. The highest BCUT2D eigenvalue weighted by atomic mass is 32.1. The first kappa shape index (κ1) is 13.3. The Labute approximate surface area is 123 Å². The van der Waals surface area contributed by atoms with Crippen LogP contribution in [0.4, 0.5) is 0 Å². The van der Waals surface area contributed by atoms with Crippen LogP contribution < -0.4 is 4.74 Å². The van der Waals surface area contributed by atoms with E-state index in [0.717, 1.165) is 31.7 Å².